The van der Waals surface area contributed by atoms with Crippen LogP contribution in [0.4, 0.5) is 4.39 Å². The SMILES string of the molecule is COCC(=O)NC[C@H]1CCC[C@]2(CCN(Cc3ccc(F)cc3)C2)O1. The minimum Gasteiger partial charge on any atom is -0.375 e. The molecule has 3 rings (SSSR count). The van der Waals surface area contributed by atoms with Gasteiger partial charge in [-0.25, -0.2) is 4.39 Å². The second-order valence-electron chi connectivity index (χ2n) is 7.14. The second kappa shape index (κ2) is 8.25. The summed E-state index contributed by atoms with van der Waals surface area (Å²) in [6, 6.07) is 6.71. The van der Waals surface area contributed by atoms with E-state index in [2.05, 4.69) is 10.2 Å². The number of hydrogen-bond acceptors (Lipinski definition) is 4. The summed E-state index contributed by atoms with van der Waals surface area (Å²) in [5.74, 6) is -0.300. The third-order valence-electron chi connectivity index (χ3n) is 5.09. The van der Waals surface area contributed by atoms with Gasteiger partial charge in [-0.15, -0.1) is 0 Å². The van der Waals surface area contributed by atoms with Crippen LogP contribution in [0.5, 0.6) is 0 Å². The maximum atomic E-state index is 13.0. The van der Waals surface area contributed by atoms with E-state index >= 15 is 0 Å². The summed E-state index contributed by atoms with van der Waals surface area (Å²) in [6.07, 6.45) is 4.24. The van der Waals surface area contributed by atoms with Crippen LogP contribution in [0.1, 0.15) is 31.2 Å². The van der Waals surface area contributed by atoms with Crippen LogP contribution in [0.15, 0.2) is 24.3 Å². The highest BCUT2D eigenvalue weighted by atomic mass is 19.1. The van der Waals surface area contributed by atoms with Crippen molar-refractivity contribution in [3.63, 3.8) is 0 Å². The zero-order valence-electron chi connectivity index (χ0n) is 14.8. The van der Waals surface area contributed by atoms with Gasteiger partial charge in [-0.05, 0) is 43.4 Å². The quantitative estimate of drug-likeness (QED) is 0.854. The molecule has 2 fully saturated rings. The Labute approximate surface area is 148 Å². The number of carbonyl (C=O) groups is 1. The predicted molar refractivity (Wildman–Crippen MR) is 92.6 cm³/mol. The van der Waals surface area contributed by atoms with Gasteiger partial charge in [-0.2, -0.15) is 0 Å². The molecule has 0 unspecified atom stereocenters. The molecule has 1 spiro atoms. The third kappa shape index (κ3) is 5.00. The largest absolute Gasteiger partial charge is 0.375 e. The van der Waals surface area contributed by atoms with Crippen molar-refractivity contribution < 1.29 is 18.7 Å². The van der Waals surface area contributed by atoms with E-state index in [0.29, 0.717) is 6.54 Å². The number of carbonyl (C=O) groups excluding carboxylic acids is 1. The average molecular weight is 350 g/mol. The van der Waals surface area contributed by atoms with Gasteiger partial charge in [0.2, 0.25) is 5.91 Å². The highest BCUT2D eigenvalue weighted by Crippen LogP contribution is 2.37. The minimum atomic E-state index is -0.199. The summed E-state index contributed by atoms with van der Waals surface area (Å²) in [7, 11) is 1.51. The molecule has 5 nitrogen and oxygen atoms in total. The summed E-state index contributed by atoms with van der Waals surface area (Å²) in [5.41, 5.74) is 1.02. The van der Waals surface area contributed by atoms with Gasteiger partial charge in [0, 0.05) is 33.3 Å². The molecule has 1 amide bonds. The number of methoxy groups -OCH3 is 1. The molecule has 0 aliphatic carbocycles. The maximum Gasteiger partial charge on any atom is 0.246 e. The molecule has 0 bridgehead atoms. The van der Waals surface area contributed by atoms with Crippen molar-refractivity contribution in [1.29, 1.82) is 0 Å². The third-order valence-corrected chi connectivity index (χ3v) is 5.09. The monoisotopic (exact) mass is 350 g/mol. The van der Waals surface area contributed by atoms with E-state index in [-0.39, 0.29) is 30.0 Å². The van der Waals surface area contributed by atoms with Crippen LogP contribution in [-0.4, -0.2) is 55.9 Å². The van der Waals surface area contributed by atoms with Crippen molar-refractivity contribution in [3.05, 3.63) is 35.6 Å². The zero-order chi connectivity index (χ0) is 17.7. The van der Waals surface area contributed by atoms with Crippen LogP contribution in [-0.2, 0) is 20.8 Å². The van der Waals surface area contributed by atoms with Gasteiger partial charge in [0.15, 0.2) is 0 Å². The summed E-state index contributed by atoms with van der Waals surface area (Å²) in [4.78, 5) is 13.9. The Kier molecular flexibility index (Phi) is 6.04. The Hall–Kier alpha value is -1.50. The molecule has 1 aromatic carbocycles. The van der Waals surface area contributed by atoms with Crippen molar-refractivity contribution in [3.8, 4) is 0 Å². The van der Waals surface area contributed by atoms with Crippen molar-refractivity contribution >= 4 is 5.91 Å². The first kappa shape index (κ1) is 18.3. The van der Waals surface area contributed by atoms with Crippen molar-refractivity contribution in [1.82, 2.24) is 10.2 Å². The van der Waals surface area contributed by atoms with Gasteiger partial charge >= 0.3 is 0 Å². The summed E-state index contributed by atoms with van der Waals surface area (Å²) in [6.45, 7) is 3.33. The molecule has 2 heterocycles. The maximum absolute atomic E-state index is 13.0. The van der Waals surface area contributed by atoms with Crippen molar-refractivity contribution in [2.75, 3.05) is 33.4 Å². The normalized spacial score (nSPS) is 26.9. The number of nitrogens with one attached hydrogen (secondary N) is 1. The molecule has 2 atom stereocenters. The van der Waals surface area contributed by atoms with E-state index in [1.165, 1.54) is 19.2 Å². The fraction of sp³-hybridized carbons (Fsp3) is 0.632. The Bertz CT molecular complexity index is 581. The molecular weight excluding hydrogens is 323 g/mol. The first-order chi connectivity index (χ1) is 12.1. The molecule has 0 aromatic heterocycles. The lowest BCUT2D eigenvalue weighted by atomic mass is 9.90. The molecule has 0 saturated carbocycles. The van der Waals surface area contributed by atoms with Crippen LogP contribution in [0.3, 0.4) is 0 Å². The minimum absolute atomic E-state index is 0.0697. The first-order valence-corrected chi connectivity index (χ1v) is 8.99. The molecule has 0 radical (unpaired) electrons. The van der Waals surface area contributed by atoms with Crippen molar-refractivity contribution in [2.45, 2.75) is 43.9 Å². The van der Waals surface area contributed by atoms with Gasteiger partial charge in [-0.3, -0.25) is 9.69 Å². The molecule has 2 saturated heterocycles. The number of halogens is 1. The molecule has 1 aromatic rings. The number of hydrogen-bond donors (Lipinski definition) is 1. The van der Waals surface area contributed by atoms with Gasteiger partial charge in [0.25, 0.3) is 0 Å². The van der Waals surface area contributed by atoms with Gasteiger partial charge in [0.05, 0.1) is 11.7 Å². The van der Waals surface area contributed by atoms with Crippen LogP contribution < -0.4 is 5.32 Å². The van der Waals surface area contributed by atoms with E-state index in [9.17, 15) is 9.18 Å². The van der Waals surface area contributed by atoms with Crippen molar-refractivity contribution in [2.24, 2.45) is 0 Å². The van der Waals surface area contributed by atoms with Gasteiger partial charge < -0.3 is 14.8 Å². The zero-order valence-corrected chi connectivity index (χ0v) is 14.8. The van der Waals surface area contributed by atoms with E-state index < -0.39 is 0 Å². The van der Waals surface area contributed by atoms with E-state index in [0.717, 1.165) is 50.9 Å². The Morgan fingerprint density at radius 1 is 1.40 bits per heavy atom. The second-order valence-corrected chi connectivity index (χ2v) is 7.14. The van der Waals surface area contributed by atoms with E-state index in [1.807, 2.05) is 12.1 Å². The van der Waals surface area contributed by atoms with Crippen LogP contribution in [0.2, 0.25) is 0 Å². The standard InChI is InChI=1S/C19H27FN2O3/c1-24-13-18(23)21-11-17-3-2-8-19(25-17)9-10-22(14-19)12-15-4-6-16(20)7-5-15/h4-7,17H,2-3,8-14H2,1H3,(H,21,23)/t17-,19-/m1/s1. The molecule has 25 heavy (non-hydrogen) atoms. The fourth-order valence-corrected chi connectivity index (χ4v) is 3.89. The lowest BCUT2D eigenvalue weighted by Gasteiger charge is -2.39. The number of rotatable bonds is 6. The molecule has 2 aliphatic heterocycles. The van der Waals surface area contributed by atoms with Gasteiger partial charge in [0.1, 0.15) is 12.4 Å². The Morgan fingerprint density at radius 2 is 2.20 bits per heavy atom. The highest BCUT2D eigenvalue weighted by Gasteiger charge is 2.42. The number of likely N-dealkylation sites (tertiary alicyclic amines) is 1. The lowest BCUT2D eigenvalue weighted by molar-refractivity contribution is -0.132. The van der Waals surface area contributed by atoms with E-state index in [1.54, 1.807) is 0 Å². The fourth-order valence-electron chi connectivity index (χ4n) is 3.89. The molecule has 6 heteroatoms. The summed E-state index contributed by atoms with van der Waals surface area (Å²) < 4.78 is 24.3. The number of nitrogens with zero attached hydrogens (tertiary/aromatic N) is 1. The first-order valence-electron chi connectivity index (χ1n) is 8.99. The predicted octanol–water partition coefficient (Wildman–Crippen LogP) is 2.10. The molecular formula is C19H27FN2O3. The average Bonchev–Trinajstić information content (AvgIpc) is 2.97. The Morgan fingerprint density at radius 3 is 2.96 bits per heavy atom. The van der Waals surface area contributed by atoms with Crippen LogP contribution in [0, 0.1) is 5.82 Å². The molecule has 138 valence electrons. The van der Waals surface area contributed by atoms with Crippen LogP contribution in [0.25, 0.3) is 0 Å². The topological polar surface area (TPSA) is 50.8 Å². The number of amides is 1. The van der Waals surface area contributed by atoms with Gasteiger partial charge in [-0.1, -0.05) is 12.1 Å². The summed E-state index contributed by atoms with van der Waals surface area (Å²) >= 11 is 0. The molecule has 2 aliphatic rings. The summed E-state index contributed by atoms with van der Waals surface area (Å²) in [5, 5.41) is 2.88. The molecule has 1 N–H and O–H groups in total. The van der Waals surface area contributed by atoms with E-state index in [4.69, 9.17) is 9.47 Å². The smallest absolute Gasteiger partial charge is 0.246 e. The number of ether oxygens (including phenoxy) is 2. The highest BCUT2D eigenvalue weighted by molar-refractivity contribution is 5.77. The lowest BCUT2D eigenvalue weighted by Crippen LogP contribution is -2.47. The van der Waals surface area contributed by atoms with Crippen LogP contribution >= 0.6 is 0 Å². The number of benzene rings is 1. The Balaban J connectivity index is 1.50.